The second kappa shape index (κ2) is 5.35. The lowest BCUT2D eigenvalue weighted by Gasteiger charge is -2.03. The van der Waals surface area contributed by atoms with Crippen LogP contribution in [0.3, 0.4) is 0 Å². The molecule has 0 N–H and O–H groups in total. The summed E-state index contributed by atoms with van der Waals surface area (Å²) in [7, 11) is 1.83. The van der Waals surface area contributed by atoms with Gasteiger partial charge in [0.15, 0.2) is 10.2 Å². The molecule has 2 aromatic rings. The Kier molecular flexibility index (Phi) is 3.79. The number of aromatic nitrogens is 4. The van der Waals surface area contributed by atoms with E-state index >= 15 is 0 Å². The minimum Gasteiger partial charge on any atom is -0.309 e. The van der Waals surface area contributed by atoms with Crippen LogP contribution in [0.1, 0.15) is 18.3 Å². The van der Waals surface area contributed by atoms with Gasteiger partial charge in [-0.2, -0.15) is 0 Å². The van der Waals surface area contributed by atoms with E-state index in [4.69, 9.17) is 0 Å². The van der Waals surface area contributed by atoms with Gasteiger partial charge < -0.3 is 4.57 Å². The first-order chi connectivity index (χ1) is 9.02. The van der Waals surface area contributed by atoms with Gasteiger partial charge in [-0.3, -0.25) is 10.1 Å². The molecular formula is C11H13N5O2S. The van der Waals surface area contributed by atoms with Gasteiger partial charge in [0.25, 0.3) is 0 Å². The van der Waals surface area contributed by atoms with Gasteiger partial charge >= 0.3 is 5.69 Å². The Hall–Kier alpha value is -1.96. The van der Waals surface area contributed by atoms with E-state index in [1.165, 1.54) is 6.07 Å². The highest BCUT2D eigenvalue weighted by Gasteiger charge is 2.19. The summed E-state index contributed by atoms with van der Waals surface area (Å²) in [4.78, 5) is 14.7. The van der Waals surface area contributed by atoms with E-state index in [1.54, 1.807) is 13.1 Å². The number of hydrogen-bond acceptors (Lipinski definition) is 6. The molecular weight excluding hydrogens is 266 g/mol. The topological polar surface area (TPSA) is 86.7 Å². The van der Waals surface area contributed by atoms with Gasteiger partial charge in [-0.25, -0.2) is 4.98 Å². The first-order valence-corrected chi connectivity index (χ1v) is 6.51. The van der Waals surface area contributed by atoms with Crippen molar-refractivity contribution in [2.24, 2.45) is 7.05 Å². The van der Waals surface area contributed by atoms with Crippen LogP contribution in [0.2, 0.25) is 0 Å². The summed E-state index contributed by atoms with van der Waals surface area (Å²) in [6.45, 7) is 3.75. The molecule has 0 saturated heterocycles. The van der Waals surface area contributed by atoms with Crippen molar-refractivity contribution in [3.8, 4) is 0 Å². The molecule has 2 aromatic heterocycles. The van der Waals surface area contributed by atoms with E-state index in [1.807, 2.05) is 18.5 Å². The van der Waals surface area contributed by atoms with Crippen molar-refractivity contribution in [1.82, 2.24) is 19.7 Å². The number of aryl methyl sites for hydroxylation is 2. The highest BCUT2D eigenvalue weighted by molar-refractivity contribution is 7.99. The molecule has 0 unspecified atom stereocenters. The third-order valence-electron chi connectivity index (χ3n) is 2.59. The summed E-state index contributed by atoms with van der Waals surface area (Å²) in [5, 5.41) is 20.0. The van der Waals surface area contributed by atoms with Crippen LogP contribution in [-0.4, -0.2) is 24.7 Å². The standard InChI is InChI=1S/C11H13N5O2S/c1-4-9-13-14-11(15(9)3)19-10-8(16(17)18)5-7(2)6-12-10/h5-6H,4H2,1-3H3. The number of rotatable bonds is 4. The minimum atomic E-state index is -0.431. The predicted octanol–water partition coefficient (Wildman–Crippen LogP) is 2.14. The molecule has 0 aliphatic rings. The number of hydrogen-bond donors (Lipinski definition) is 0. The van der Waals surface area contributed by atoms with Crippen LogP contribution in [-0.2, 0) is 13.5 Å². The predicted molar refractivity (Wildman–Crippen MR) is 70.1 cm³/mol. The maximum Gasteiger partial charge on any atom is 0.302 e. The third-order valence-corrected chi connectivity index (χ3v) is 3.64. The van der Waals surface area contributed by atoms with E-state index in [9.17, 15) is 10.1 Å². The van der Waals surface area contributed by atoms with Crippen molar-refractivity contribution in [1.29, 1.82) is 0 Å². The van der Waals surface area contributed by atoms with E-state index in [0.717, 1.165) is 29.6 Å². The Balaban J connectivity index is 2.37. The SMILES string of the molecule is CCc1nnc(Sc2ncc(C)cc2[N+](=O)[O-])n1C. The van der Waals surface area contributed by atoms with Crippen molar-refractivity contribution in [2.45, 2.75) is 30.5 Å². The molecule has 0 saturated carbocycles. The van der Waals surface area contributed by atoms with Gasteiger partial charge in [-0.1, -0.05) is 6.92 Å². The lowest BCUT2D eigenvalue weighted by molar-refractivity contribution is -0.388. The van der Waals surface area contributed by atoms with Crippen molar-refractivity contribution >= 4 is 17.4 Å². The van der Waals surface area contributed by atoms with Crippen LogP contribution in [0.15, 0.2) is 22.4 Å². The van der Waals surface area contributed by atoms with Gasteiger partial charge in [-0.15, -0.1) is 10.2 Å². The van der Waals surface area contributed by atoms with E-state index in [-0.39, 0.29) is 5.69 Å². The van der Waals surface area contributed by atoms with Crippen LogP contribution in [0.4, 0.5) is 5.69 Å². The molecule has 100 valence electrons. The highest BCUT2D eigenvalue weighted by atomic mass is 32.2. The summed E-state index contributed by atoms with van der Waals surface area (Å²) in [5.74, 6) is 0.831. The molecule has 0 aromatic carbocycles. The van der Waals surface area contributed by atoms with Gasteiger partial charge in [0.2, 0.25) is 0 Å². The average molecular weight is 279 g/mol. The fourth-order valence-corrected chi connectivity index (χ4v) is 2.42. The van der Waals surface area contributed by atoms with E-state index in [2.05, 4.69) is 15.2 Å². The molecule has 0 bridgehead atoms. The molecule has 0 radical (unpaired) electrons. The maximum atomic E-state index is 11.0. The van der Waals surface area contributed by atoms with Crippen molar-refractivity contribution in [2.75, 3.05) is 0 Å². The zero-order valence-electron chi connectivity index (χ0n) is 10.8. The molecule has 0 fully saturated rings. The van der Waals surface area contributed by atoms with Crippen molar-refractivity contribution < 1.29 is 4.92 Å². The molecule has 2 heterocycles. The fraction of sp³-hybridized carbons (Fsp3) is 0.364. The molecule has 19 heavy (non-hydrogen) atoms. The van der Waals surface area contributed by atoms with Gasteiger partial charge in [0.1, 0.15) is 5.82 Å². The molecule has 2 rings (SSSR count). The Morgan fingerprint density at radius 1 is 1.47 bits per heavy atom. The highest BCUT2D eigenvalue weighted by Crippen LogP contribution is 2.32. The third kappa shape index (κ3) is 2.73. The van der Waals surface area contributed by atoms with E-state index in [0.29, 0.717) is 10.2 Å². The van der Waals surface area contributed by atoms with Crippen LogP contribution >= 0.6 is 11.8 Å². The second-order valence-electron chi connectivity index (χ2n) is 4.01. The smallest absolute Gasteiger partial charge is 0.302 e. The maximum absolute atomic E-state index is 11.0. The number of nitrogens with zero attached hydrogens (tertiary/aromatic N) is 5. The normalized spacial score (nSPS) is 10.7. The fourth-order valence-electron chi connectivity index (χ4n) is 1.58. The summed E-state index contributed by atoms with van der Waals surface area (Å²) in [6.07, 6.45) is 2.36. The molecule has 0 aliphatic heterocycles. The Morgan fingerprint density at radius 3 is 2.79 bits per heavy atom. The summed E-state index contributed by atoms with van der Waals surface area (Å²) in [5.41, 5.74) is 0.745. The Bertz CT molecular complexity index is 626. The van der Waals surface area contributed by atoms with Crippen molar-refractivity contribution in [3.63, 3.8) is 0 Å². The zero-order chi connectivity index (χ0) is 14.0. The van der Waals surface area contributed by atoms with Crippen LogP contribution in [0.5, 0.6) is 0 Å². The Morgan fingerprint density at radius 2 is 2.21 bits per heavy atom. The first kappa shape index (κ1) is 13.5. The minimum absolute atomic E-state index is 0.00829. The summed E-state index contributed by atoms with van der Waals surface area (Å²) in [6, 6.07) is 1.51. The summed E-state index contributed by atoms with van der Waals surface area (Å²) < 4.78 is 1.82. The lowest BCUT2D eigenvalue weighted by Crippen LogP contribution is -1.99. The molecule has 0 spiro atoms. The van der Waals surface area contributed by atoms with Crippen LogP contribution in [0, 0.1) is 17.0 Å². The quantitative estimate of drug-likeness (QED) is 0.629. The molecule has 7 nitrogen and oxygen atoms in total. The monoisotopic (exact) mass is 279 g/mol. The second-order valence-corrected chi connectivity index (χ2v) is 4.96. The van der Waals surface area contributed by atoms with Gasteiger partial charge in [0, 0.05) is 25.7 Å². The van der Waals surface area contributed by atoms with E-state index < -0.39 is 4.92 Å². The van der Waals surface area contributed by atoms with Crippen LogP contribution < -0.4 is 0 Å². The lowest BCUT2D eigenvalue weighted by atomic mass is 10.3. The van der Waals surface area contributed by atoms with Crippen molar-refractivity contribution in [3.05, 3.63) is 33.8 Å². The molecule has 0 aliphatic carbocycles. The molecule has 0 atom stereocenters. The average Bonchev–Trinajstić information content (AvgIpc) is 2.72. The molecule has 0 amide bonds. The first-order valence-electron chi connectivity index (χ1n) is 5.70. The molecule has 8 heteroatoms. The van der Waals surface area contributed by atoms with Gasteiger partial charge in [0.05, 0.1) is 4.92 Å². The van der Waals surface area contributed by atoms with Crippen LogP contribution in [0.25, 0.3) is 0 Å². The van der Waals surface area contributed by atoms with Gasteiger partial charge in [-0.05, 0) is 24.2 Å². The largest absolute Gasteiger partial charge is 0.309 e. The summed E-state index contributed by atoms with van der Waals surface area (Å²) >= 11 is 1.15. The zero-order valence-corrected chi connectivity index (χ0v) is 11.6. The Labute approximate surface area is 114 Å². The number of nitro groups is 1. The number of pyridine rings is 1.